The average molecular weight is 423 g/mol. The summed E-state index contributed by atoms with van der Waals surface area (Å²) < 4.78 is 36.5. The second kappa shape index (κ2) is 8.78. The number of carbonyl (C=O) groups excluding carboxylic acids is 2. The SMILES string of the molecule is CCOC(=O)c1cn(CCO)c2c(F)c(N3CCN(C(C)=O)CC3)c(F)cc2c1=O. The second-order valence-corrected chi connectivity index (χ2v) is 6.92. The Morgan fingerprint density at radius 1 is 1.20 bits per heavy atom. The lowest BCUT2D eigenvalue weighted by Crippen LogP contribution is -2.48. The molecule has 0 aliphatic carbocycles. The van der Waals surface area contributed by atoms with E-state index in [1.807, 2.05) is 0 Å². The molecule has 1 aromatic heterocycles. The smallest absolute Gasteiger partial charge is 0.343 e. The number of amides is 1. The largest absolute Gasteiger partial charge is 0.462 e. The van der Waals surface area contributed by atoms with Crippen molar-refractivity contribution in [2.75, 3.05) is 44.3 Å². The molecule has 1 saturated heterocycles. The number of pyridine rings is 1. The maximum atomic E-state index is 15.5. The van der Waals surface area contributed by atoms with Gasteiger partial charge in [-0.2, -0.15) is 0 Å². The fourth-order valence-electron chi connectivity index (χ4n) is 3.65. The van der Waals surface area contributed by atoms with E-state index < -0.39 is 23.0 Å². The molecule has 0 unspecified atom stereocenters. The Morgan fingerprint density at radius 3 is 2.43 bits per heavy atom. The van der Waals surface area contributed by atoms with Crippen LogP contribution in [0.15, 0.2) is 17.1 Å². The van der Waals surface area contributed by atoms with E-state index in [0.29, 0.717) is 13.1 Å². The molecule has 30 heavy (non-hydrogen) atoms. The number of piperazine rings is 1. The number of nitrogens with zero attached hydrogens (tertiary/aromatic N) is 3. The highest BCUT2D eigenvalue weighted by Crippen LogP contribution is 2.31. The molecule has 0 radical (unpaired) electrons. The summed E-state index contributed by atoms with van der Waals surface area (Å²) in [6, 6.07) is 0.907. The summed E-state index contributed by atoms with van der Waals surface area (Å²) in [5.74, 6) is -2.91. The molecule has 8 nitrogen and oxygen atoms in total. The summed E-state index contributed by atoms with van der Waals surface area (Å²) in [5.41, 5.74) is -1.71. The number of halogens is 2. The summed E-state index contributed by atoms with van der Waals surface area (Å²) >= 11 is 0. The quantitative estimate of drug-likeness (QED) is 0.725. The summed E-state index contributed by atoms with van der Waals surface area (Å²) in [6.45, 7) is 3.63. The lowest BCUT2D eigenvalue weighted by Gasteiger charge is -2.36. The average Bonchev–Trinajstić information content (AvgIpc) is 2.70. The van der Waals surface area contributed by atoms with E-state index in [9.17, 15) is 23.9 Å². The molecule has 10 heteroatoms. The van der Waals surface area contributed by atoms with Gasteiger partial charge in [-0.1, -0.05) is 0 Å². The van der Waals surface area contributed by atoms with Crippen molar-refractivity contribution in [2.45, 2.75) is 20.4 Å². The first kappa shape index (κ1) is 21.7. The molecule has 1 N–H and O–H groups in total. The summed E-state index contributed by atoms with van der Waals surface area (Å²) in [7, 11) is 0. The number of ether oxygens (including phenoxy) is 1. The predicted molar refractivity (Wildman–Crippen MR) is 106 cm³/mol. The van der Waals surface area contributed by atoms with Crippen LogP contribution < -0.4 is 10.3 Å². The third-order valence-corrected chi connectivity index (χ3v) is 5.11. The number of hydrogen-bond acceptors (Lipinski definition) is 6. The zero-order chi connectivity index (χ0) is 22.0. The summed E-state index contributed by atoms with van der Waals surface area (Å²) in [5, 5.41) is 9.06. The molecule has 1 aliphatic heterocycles. The zero-order valence-electron chi connectivity index (χ0n) is 16.8. The van der Waals surface area contributed by atoms with Crippen molar-refractivity contribution in [1.29, 1.82) is 0 Å². The Bertz CT molecular complexity index is 1050. The second-order valence-electron chi connectivity index (χ2n) is 6.92. The minimum Gasteiger partial charge on any atom is -0.462 e. The van der Waals surface area contributed by atoms with Gasteiger partial charge in [0.15, 0.2) is 5.82 Å². The molecule has 2 aromatic rings. The standard InChI is InChI=1S/C20H23F2N3O5/c1-3-30-20(29)14-11-25(8-9-26)17-13(19(14)28)10-15(21)18(16(17)22)24-6-4-23(5-7-24)12(2)27/h10-11,26H,3-9H2,1-2H3. The number of benzene rings is 1. The summed E-state index contributed by atoms with van der Waals surface area (Å²) in [4.78, 5) is 39.4. The van der Waals surface area contributed by atoms with Crippen molar-refractivity contribution < 1.29 is 28.2 Å². The van der Waals surface area contributed by atoms with Crippen LogP contribution in [0.1, 0.15) is 24.2 Å². The number of hydrogen-bond donors (Lipinski definition) is 1. The molecule has 0 bridgehead atoms. The maximum Gasteiger partial charge on any atom is 0.343 e. The Balaban J connectivity index is 2.16. The number of fused-ring (bicyclic) bond motifs is 1. The van der Waals surface area contributed by atoms with E-state index in [0.717, 1.165) is 12.3 Å². The number of carbonyl (C=O) groups is 2. The molecular formula is C20H23F2N3O5. The van der Waals surface area contributed by atoms with Crippen LogP contribution in [0, 0.1) is 11.6 Å². The van der Waals surface area contributed by atoms with E-state index in [-0.39, 0.29) is 60.9 Å². The van der Waals surface area contributed by atoms with Gasteiger partial charge in [0.05, 0.1) is 24.1 Å². The predicted octanol–water partition coefficient (Wildman–Crippen LogP) is 1.12. The highest BCUT2D eigenvalue weighted by molar-refractivity contribution is 5.95. The van der Waals surface area contributed by atoms with Gasteiger partial charge < -0.3 is 24.2 Å². The van der Waals surface area contributed by atoms with Gasteiger partial charge in [-0.05, 0) is 13.0 Å². The van der Waals surface area contributed by atoms with E-state index in [1.165, 1.54) is 16.4 Å². The molecule has 3 rings (SSSR count). The monoisotopic (exact) mass is 423 g/mol. The lowest BCUT2D eigenvalue weighted by molar-refractivity contribution is -0.129. The van der Waals surface area contributed by atoms with Gasteiger partial charge in [-0.3, -0.25) is 9.59 Å². The van der Waals surface area contributed by atoms with Crippen LogP contribution in [0.25, 0.3) is 10.9 Å². The third kappa shape index (κ3) is 3.87. The highest BCUT2D eigenvalue weighted by atomic mass is 19.1. The van der Waals surface area contributed by atoms with Crippen LogP contribution >= 0.6 is 0 Å². The molecule has 0 atom stereocenters. The van der Waals surface area contributed by atoms with Crippen molar-refractivity contribution in [3.63, 3.8) is 0 Å². The Kier molecular flexibility index (Phi) is 6.35. The van der Waals surface area contributed by atoms with Gasteiger partial charge in [-0.25, -0.2) is 13.6 Å². The molecule has 2 heterocycles. The minimum atomic E-state index is -0.956. The first-order valence-corrected chi connectivity index (χ1v) is 9.63. The lowest BCUT2D eigenvalue weighted by atomic mass is 10.1. The fourth-order valence-corrected chi connectivity index (χ4v) is 3.65. The Labute approximate surface area is 171 Å². The van der Waals surface area contributed by atoms with Crippen molar-refractivity contribution in [2.24, 2.45) is 0 Å². The minimum absolute atomic E-state index is 0.0320. The number of aromatic nitrogens is 1. The van der Waals surface area contributed by atoms with Gasteiger partial charge in [0, 0.05) is 45.8 Å². The van der Waals surface area contributed by atoms with Gasteiger partial charge >= 0.3 is 5.97 Å². The van der Waals surface area contributed by atoms with Gasteiger partial charge in [0.2, 0.25) is 11.3 Å². The van der Waals surface area contributed by atoms with Gasteiger partial charge in [-0.15, -0.1) is 0 Å². The molecule has 1 amide bonds. The topological polar surface area (TPSA) is 92.1 Å². The first-order valence-electron chi connectivity index (χ1n) is 9.63. The van der Waals surface area contributed by atoms with Crippen LogP contribution in [0.5, 0.6) is 0 Å². The molecular weight excluding hydrogens is 400 g/mol. The number of aliphatic hydroxyl groups excluding tert-OH is 1. The van der Waals surface area contributed by atoms with Crippen LogP contribution in [-0.2, 0) is 16.1 Å². The fraction of sp³-hybridized carbons (Fsp3) is 0.450. The number of anilines is 1. The normalized spacial score (nSPS) is 14.3. The first-order chi connectivity index (χ1) is 14.3. The molecule has 0 spiro atoms. The van der Waals surface area contributed by atoms with Crippen molar-refractivity contribution in [1.82, 2.24) is 9.47 Å². The Hall–Kier alpha value is -3.01. The van der Waals surface area contributed by atoms with E-state index in [1.54, 1.807) is 11.8 Å². The van der Waals surface area contributed by atoms with E-state index in [4.69, 9.17) is 4.74 Å². The van der Waals surface area contributed by atoms with Crippen LogP contribution in [-0.4, -0.2) is 65.8 Å². The van der Waals surface area contributed by atoms with Gasteiger partial charge in [0.1, 0.15) is 17.1 Å². The molecule has 1 aromatic carbocycles. The Morgan fingerprint density at radius 2 is 1.87 bits per heavy atom. The molecule has 1 fully saturated rings. The molecule has 1 aliphatic rings. The molecule has 162 valence electrons. The van der Waals surface area contributed by atoms with Crippen molar-refractivity contribution >= 4 is 28.5 Å². The van der Waals surface area contributed by atoms with E-state index >= 15 is 4.39 Å². The number of rotatable bonds is 5. The van der Waals surface area contributed by atoms with Crippen LogP contribution in [0.4, 0.5) is 14.5 Å². The highest BCUT2D eigenvalue weighted by Gasteiger charge is 2.28. The van der Waals surface area contributed by atoms with Crippen molar-refractivity contribution in [3.8, 4) is 0 Å². The van der Waals surface area contributed by atoms with E-state index in [2.05, 4.69) is 0 Å². The maximum absolute atomic E-state index is 15.5. The van der Waals surface area contributed by atoms with Crippen LogP contribution in [0.2, 0.25) is 0 Å². The van der Waals surface area contributed by atoms with Gasteiger partial charge in [0.25, 0.3) is 0 Å². The number of esters is 1. The van der Waals surface area contributed by atoms with Crippen molar-refractivity contribution in [3.05, 3.63) is 39.7 Å². The number of aliphatic hydroxyl groups is 1. The zero-order valence-corrected chi connectivity index (χ0v) is 16.8. The third-order valence-electron chi connectivity index (χ3n) is 5.11. The van der Waals surface area contributed by atoms with Crippen LogP contribution in [0.3, 0.4) is 0 Å². The summed E-state index contributed by atoms with van der Waals surface area (Å²) in [6.07, 6.45) is 1.12. The molecule has 0 saturated carbocycles.